The Bertz CT molecular complexity index is 728. The molecule has 5 nitrogen and oxygen atoms in total. The molecule has 0 saturated heterocycles. The first-order chi connectivity index (χ1) is 8.75. The molecule has 0 aliphatic heterocycles. The fraction of sp³-hybridized carbons (Fsp3) is 0.182. The maximum Gasteiger partial charge on any atom is 0.178 e. The molecule has 0 aliphatic carbocycles. The van der Waals surface area contributed by atoms with Crippen molar-refractivity contribution in [1.29, 1.82) is 0 Å². The third kappa shape index (κ3) is 1.93. The number of nitrogens with one attached hydrogen (secondary N) is 1. The Morgan fingerprint density at radius 3 is 3.00 bits per heavy atom. The zero-order valence-electron chi connectivity index (χ0n) is 9.38. The Balaban J connectivity index is 2.01. The lowest BCUT2D eigenvalue weighted by Gasteiger charge is -2.05. The molecule has 0 saturated carbocycles. The van der Waals surface area contributed by atoms with Crippen molar-refractivity contribution in [3.05, 3.63) is 40.4 Å². The Labute approximate surface area is 113 Å². The number of benzene rings is 1. The SMILES string of the molecule is S=c1[nH]c2cccc(Cl)c2n1CCn1ccnn1. The minimum Gasteiger partial charge on any atom is -0.331 e. The quantitative estimate of drug-likeness (QED) is 0.750. The molecule has 0 aliphatic rings. The summed E-state index contributed by atoms with van der Waals surface area (Å²) in [6.45, 7) is 1.40. The summed E-state index contributed by atoms with van der Waals surface area (Å²) in [5.74, 6) is 0. The summed E-state index contributed by atoms with van der Waals surface area (Å²) in [5, 5.41) is 8.39. The van der Waals surface area contributed by atoms with Crippen molar-refractivity contribution < 1.29 is 0 Å². The average Bonchev–Trinajstić information content (AvgIpc) is 2.94. The molecule has 0 atom stereocenters. The maximum absolute atomic E-state index is 6.21. The third-order valence-corrected chi connectivity index (χ3v) is 3.40. The van der Waals surface area contributed by atoms with Gasteiger partial charge in [-0.1, -0.05) is 22.9 Å². The van der Waals surface area contributed by atoms with Gasteiger partial charge in [-0.25, -0.2) is 0 Å². The highest BCUT2D eigenvalue weighted by molar-refractivity contribution is 7.71. The number of aryl methyl sites for hydroxylation is 2. The molecule has 3 rings (SSSR count). The van der Waals surface area contributed by atoms with E-state index in [1.165, 1.54) is 0 Å². The summed E-state index contributed by atoms with van der Waals surface area (Å²) in [7, 11) is 0. The Morgan fingerprint density at radius 2 is 2.22 bits per heavy atom. The van der Waals surface area contributed by atoms with Crippen molar-refractivity contribution in [2.75, 3.05) is 0 Å². The summed E-state index contributed by atoms with van der Waals surface area (Å²) >= 11 is 11.5. The number of aromatic nitrogens is 5. The van der Waals surface area contributed by atoms with Crippen LogP contribution in [0.3, 0.4) is 0 Å². The minimum atomic E-state index is 0.665. The van der Waals surface area contributed by atoms with Crippen LogP contribution in [-0.4, -0.2) is 24.5 Å². The molecule has 0 unspecified atom stereocenters. The molecule has 18 heavy (non-hydrogen) atoms. The first-order valence-corrected chi connectivity index (χ1v) is 6.25. The van der Waals surface area contributed by atoms with Crippen LogP contribution in [0, 0.1) is 4.77 Å². The smallest absolute Gasteiger partial charge is 0.178 e. The van der Waals surface area contributed by atoms with E-state index in [2.05, 4.69) is 15.3 Å². The number of nitrogens with zero attached hydrogens (tertiary/aromatic N) is 4. The maximum atomic E-state index is 6.21. The molecule has 0 fully saturated rings. The topological polar surface area (TPSA) is 51.4 Å². The van der Waals surface area contributed by atoms with E-state index in [1.807, 2.05) is 29.0 Å². The molecular weight excluding hydrogens is 270 g/mol. The van der Waals surface area contributed by atoms with Gasteiger partial charge in [0, 0.05) is 12.7 Å². The lowest BCUT2D eigenvalue weighted by Crippen LogP contribution is -2.08. The van der Waals surface area contributed by atoms with Gasteiger partial charge in [-0.05, 0) is 24.4 Å². The Hall–Kier alpha value is -1.66. The lowest BCUT2D eigenvalue weighted by molar-refractivity contribution is 0.523. The van der Waals surface area contributed by atoms with Crippen LogP contribution in [0.4, 0.5) is 0 Å². The van der Waals surface area contributed by atoms with Gasteiger partial charge in [-0.15, -0.1) is 5.10 Å². The monoisotopic (exact) mass is 279 g/mol. The average molecular weight is 280 g/mol. The zero-order chi connectivity index (χ0) is 12.5. The zero-order valence-corrected chi connectivity index (χ0v) is 10.9. The molecule has 0 bridgehead atoms. The van der Waals surface area contributed by atoms with Gasteiger partial charge in [0.1, 0.15) is 0 Å². The van der Waals surface area contributed by atoms with Crippen molar-refractivity contribution in [2.24, 2.45) is 0 Å². The number of H-pyrrole nitrogens is 1. The van der Waals surface area contributed by atoms with Gasteiger partial charge >= 0.3 is 0 Å². The normalized spacial score (nSPS) is 11.2. The standard InChI is InChI=1S/C11H10ClN5S/c12-8-2-1-3-9-10(8)17(11(18)14-9)7-6-16-5-4-13-15-16/h1-5H,6-7H2,(H,14,18). The van der Waals surface area contributed by atoms with Crippen molar-refractivity contribution in [3.8, 4) is 0 Å². The molecular formula is C11H10ClN5S. The molecule has 0 spiro atoms. The van der Waals surface area contributed by atoms with Gasteiger partial charge < -0.3 is 9.55 Å². The van der Waals surface area contributed by atoms with Crippen LogP contribution in [0.2, 0.25) is 5.02 Å². The van der Waals surface area contributed by atoms with E-state index >= 15 is 0 Å². The van der Waals surface area contributed by atoms with Crippen molar-refractivity contribution in [1.82, 2.24) is 24.5 Å². The van der Waals surface area contributed by atoms with Crippen LogP contribution < -0.4 is 0 Å². The van der Waals surface area contributed by atoms with E-state index < -0.39 is 0 Å². The van der Waals surface area contributed by atoms with Gasteiger partial charge in [0.25, 0.3) is 0 Å². The predicted molar refractivity (Wildman–Crippen MR) is 72.2 cm³/mol. The summed E-state index contributed by atoms with van der Waals surface area (Å²) in [6, 6.07) is 5.72. The summed E-state index contributed by atoms with van der Waals surface area (Å²) in [6.07, 6.45) is 3.47. The second kappa shape index (κ2) is 4.55. The number of para-hydroxylation sites is 1. The number of hydrogen-bond donors (Lipinski definition) is 1. The fourth-order valence-corrected chi connectivity index (χ4v) is 2.51. The van der Waals surface area contributed by atoms with Crippen LogP contribution in [0.5, 0.6) is 0 Å². The minimum absolute atomic E-state index is 0.665. The summed E-state index contributed by atoms with van der Waals surface area (Å²) < 4.78 is 4.41. The van der Waals surface area contributed by atoms with E-state index in [0.29, 0.717) is 22.9 Å². The summed E-state index contributed by atoms with van der Waals surface area (Å²) in [4.78, 5) is 3.15. The van der Waals surface area contributed by atoms with E-state index in [1.54, 1.807) is 10.9 Å². The van der Waals surface area contributed by atoms with Gasteiger partial charge in [-0.3, -0.25) is 4.68 Å². The Kier molecular flexibility index (Phi) is 2.89. The highest BCUT2D eigenvalue weighted by Crippen LogP contribution is 2.23. The van der Waals surface area contributed by atoms with E-state index in [9.17, 15) is 0 Å². The summed E-state index contributed by atoms with van der Waals surface area (Å²) in [5.41, 5.74) is 1.88. The predicted octanol–water partition coefficient (Wildman–Crippen LogP) is 2.64. The van der Waals surface area contributed by atoms with Crippen molar-refractivity contribution in [3.63, 3.8) is 0 Å². The molecule has 1 aromatic carbocycles. The third-order valence-electron chi connectivity index (χ3n) is 2.77. The number of fused-ring (bicyclic) bond motifs is 1. The molecule has 0 amide bonds. The largest absolute Gasteiger partial charge is 0.331 e. The van der Waals surface area contributed by atoms with Crippen LogP contribution in [0.25, 0.3) is 11.0 Å². The van der Waals surface area contributed by atoms with Crippen LogP contribution >= 0.6 is 23.8 Å². The molecule has 2 heterocycles. The van der Waals surface area contributed by atoms with Crippen LogP contribution in [-0.2, 0) is 13.1 Å². The van der Waals surface area contributed by atoms with Crippen LogP contribution in [0.15, 0.2) is 30.6 Å². The molecule has 7 heteroatoms. The van der Waals surface area contributed by atoms with E-state index in [-0.39, 0.29) is 0 Å². The molecule has 3 aromatic rings. The first-order valence-electron chi connectivity index (χ1n) is 5.47. The van der Waals surface area contributed by atoms with Crippen molar-refractivity contribution >= 4 is 34.9 Å². The highest BCUT2D eigenvalue weighted by Gasteiger charge is 2.07. The van der Waals surface area contributed by atoms with Gasteiger partial charge in [0.05, 0.1) is 28.8 Å². The van der Waals surface area contributed by atoms with Gasteiger partial charge in [-0.2, -0.15) is 0 Å². The Morgan fingerprint density at radius 1 is 1.33 bits per heavy atom. The van der Waals surface area contributed by atoms with Crippen LogP contribution in [0.1, 0.15) is 0 Å². The van der Waals surface area contributed by atoms with Crippen molar-refractivity contribution in [2.45, 2.75) is 13.1 Å². The lowest BCUT2D eigenvalue weighted by atomic mass is 10.3. The van der Waals surface area contributed by atoms with Gasteiger partial charge in [0.2, 0.25) is 0 Å². The van der Waals surface area contributed by atoms with E-state index in [4.69, 9.17) is 23.8 Å². The number of hydrogen-bond acceptors (Lipinski definition) is 3. The fourth-order valence-electron chi connectivity index (χ4n) is 1.94. The number of imidazole rings is 1. The number of aromatic amines is 1. The molecule has 0 radical (unpaired) electrons. The number of rotatable bonds is 3. The number of halogens is 1. The second-order valence-corrected chi connectivity index (χ2v) is 4.68. The molecule has 1 N–H and O–H groups in total. The molecule has 92 valence electrons. The van der Waals surface area contributed by atoms with E-state index in [0.717, 1.165) is 11.0 Å². The first kappa shape index (κ1) is 11.4. The van der Waals surface area contributed by atoms with Gasteiger partial charge in [0.15, 0.2) is 4.77 Å². The molecule has 2 aromatic heterocycles. The second-order valence-electron chi connectivity index (χ2n) is 3.88. The highest BCUT2D eigenvalue weighted by atomic mass is 35.5.